The van der Waals surface area contributed by atoms with E-state index in [1.54, 1.807) is 7.11 Å². The van der Waals surface area contributed by atoms with Gasteiger partial charge < -0.3 is 4.74 Å². The molecule has 0 aromatic heterocycles. The fourth-order valence-electron chi connectivity index (χ4n) is 1.55. The molecule has 70 valence electrons. The SMILES string of the molecule is COc1ccc(Br)c(C2(C)CC2)c1. The van der Waals surface area contributed by atoms with Crippen LogP contribution in [0.5, 0.6) is 5.75 Å². The van der Waals surface area contributed by atoms with Crippen LogP contribution in [-0.2, 0) is 5.41 Å². The second kappa shape index (κ2) is 3.02. The van der Waals surface area contributed by atoms with Gasteiger partial charge in [-0.1, -0.05) is 22.9 Å². The lowest BCUT2D eigenvalue weighted by atomic mass is 9.98. The smallest absolute Gasteiger partial charge is 0.119 e. The molecule has 13 heavy (non-hydrogen) atoms. The van der Waals surface area contributed by atoms with Gasteiger partial charge in [0.2, 0.25) is 0 Å². The van der Waals surface area contributed by atoms with E-state index in [0.717, 1.165) is 5.75 Å². The summed E-state index contributed by atoms with van der Waals surface area (Å²) in [5, 5.41) is 0. The van der Waals surface area contributed by atoms with Gasteiger partial charge in [-0.2, -0.15) is 0 Å². The number of benzene rings is 1. The highest BCUT2D eigenvalue weighted by Crippen LogP contribution is 2.50. The van der Waals surface area contributed by atoms with Crippen molar-refractivity contribution < 1.29 is 4.74 Å². The Morgan fingerprint density at radius 1 is 1.38 bits per heavy atom. The van der Waals surface area contributed by atoms with Crippen LogP contribution in [0.3, 0.4) is 0 Å². The first-order valence-corrected chi connectivity index (χ1v) is 5.29. The summed E-state index contributed by atoms with van der Waals surface area (Å²) >= 11 is 3.58. The van der Waals surface area contributed by atoms with Gasteiger partial charge in [-0.05, 0) is 42.0 Å². The topological polar surface area (TPSA) is 9.23 Å². The van der Waals surface area contributed by atoms with Crippen molar-refractivity contribution >= 4 is 15.9 Å². The van der Waals surface area contributed by atoms with E-state index in [-0.39, 0.29) is 0 Å². The van der Waals surface area contributed by atoms with Gasteiger partial charge in [-0.15, -0.1) is 0 Å². The van der Waals surface area contributed by atoms with E-state index in [0.29, 0.717) is 5.41 Å². The van der Waals surface area contributed by atoms with Gasteiger partial charge in [0, 0.05) is 4.47 Å². The van der Waals surface area contributed by atoms with Crippen LogP contribution in [0.4, 0.5) is 0 Å². The molecule has 0 unspecified atom stereocenters. The molecule has 2 heteroatoms. The van der Waals surface area contributed by atoms with Crippen LogP contribution in [-0.4, -0.2) is 7.11 Å². The molecule has 1 aromatic rings. The molecule has 0 saturated heterocycles. The molecule has 2 rings (SSSR count). The number of halogens is 1. The summed E-state index contributed by atoms with van der Waals surface area (Å²) in [4.78, 5) is 0. The van der Waals surface area contributed by atoms with Crippen LogP contribution in [0.15, 0.2) is 22.7 Å². The third-order valence-corrected chi connectivity index (χ3v) is 3.52. The lowest BCUT2D eigenvalue weighted by molar-refractivity contribution is 0.413. The summed E-state index contributed by atoms with van der Waals surface area (Å²) in [6, 6.07) is 6.19. The zero-order chi connectivity index (χ0) is 9.47. The number of hydrogen-bond donors (Lipinski definition) is 0. The van der Waals surface area contributed by atoms with Crippen molar-refractivity contribution in [3.05, 3.63) is 28.2 Å². The van der Waals surface area contributed by atoms with Crippen molar-refractivity contribution in [2.75, 3.05) is 7.11 Å². The minimum absolute atomic E-state index is 0.396. The molecule has 0 bridgehead atoms. The largest absolute Gasteiger partial charge is 0.497 e. The minimum atomic E-state index is 0.396. The van der Waals surface area contributed by atoms with E-state index in [1.807, 2.05) is 6.07 Å². The molecule has 0 radical (unpaired) electrons. The van der Waals surface area contributed by atoms with Crippen molar-refractivity contribution in [2.45, 2.75) is 25.2 Å². The van der Waals surface area contributed by atoms with Crippen molar-refractivity contribution in [1.82, 2.24) is 0 Å². The van der Waals surface area contributed by atoms with E-state index < -0.39 is 0 Å². The summed E-state index contributed by atoms with van der Waals surface area (Å²) in [7, 11) is 1.71. The first-order valence-electron chi connectivity index (χ1n) is 4.50. The Balaban J connectivity index is 2.43. The van der Waals surface area contributed by atoms with Gasteiger partial charge in [-0.25, -0.2) is 0 Å². The van der Waals surface area contributed by atoms with Crippen molar-refractivity contribution in [3.63, 3.8) is 0 Å². The number of ether oxygens (including phenoxy) is 1. The lowest BCUT2D eigenvalue weighted by Crippen LogP contribution is -2.01. The second-order valence-corrected chi connectivity index (χ2v) is 4.76. The van der Waals surface area contributed by atoms with Gasteiger partial charge in [-0.3, -0.25) is 0 Å². The number of hydrogen-bond acceptors (Lipinski definition) is 1. The van der Waals surface area contributed by atoms with E-state index in [1.165, 1.54) is 22.9 Å². The quantitative estimate of drug-likeness (QED) is 0.769. The predicted octanol–water partition coefficient (Wildman–Crippen LogP) is 3.51. The van der Waals surface area contributed by atoms with Crippen LogP contribution in [0.1, 0.15) is 25.3 Å². The number of methoxy groups -OCH3 is 1. The monoisotopic (exact) mass is 240 g/mol. The van der Waals surface area contributed by atoms with Crippen molar-refractivity contribution in [2.24, 2.45) is 0 Å². The molecular weight excluding hydrogens is 228 g/mol. The van der Waals surface area contributed by atoms with Crippen molar-refractivity contribution in [1.29, 1.82) is 0 Å². The minimum Gasteiger partial charge on any atom is -0.497 e. The number of rotatable bonds is 2. The Morgan fingerprint density at radius 3 is 2.62 bits per heavy atom. The first kappa shape index (κ1) is 9.07. The van der Waals surface area contributed by atoms with Crippen LogP contribution in [0.2, 0.25) is 0 Å². The fourth-order valence-corrected chi connectivity index (χ4v) is 2.28. The molecule has 0 heterocycles. The van der Waals surface area contributed by atoms with Gasteiger partial charge in [0.25, 0.3) is 0 Å². The highest BCUT2D eigenvalue weighted by Gasteiger charge is 2.40. The predicted molar refractivity (Wildman–Crippen MR) is 57.3 cm³/mol. The maximum absolute atomic E-state index is 5.21. The highest BCUT2D eigenvalue weighted by molar-refractivity contribution is 9.10. The molecule has 0 aliphatic heterocycles. The Morgan fingerprint density at radius 2 is 2.08 bits per heavy atom. The van der Waals surface area contributed by atoms with Crippen LogP contribution >= 0.6 is 15.9 Å². The molecule has 1 nitrogen and oxygen atoms in total. The molecule has 1 aromatic carbocycles. The van der Waals surface area contributed by atoms with Crippen LogP contribution in [0.25, 0.3) is 0 Å². The van der Waals surface area contributed by atoms with Crippen LogP contribution < -0.4 is 4.74 Å². The third-order valence-electron chi connectivity index (χ3n) is 2.82. The molecule has 1 aliphatic carbocycles. The molecule has 1 aliphatic rings. The summed E-state index contributed by atoms with van der Waals surface area (Å²) in [5.74, 6) is 0.950. The lowest BCUT2D eigenvalue weighted by Gasteiger charge is -2.12. The normalized spacial score (nSPS) is 18.4. The average Bonchev–Trinajstić information content (AvgIpc) is 2.86. The van der Waals surface area contributed by atoms with Crippen LogP contribution in [0, 0.1) is 0 Å². The summed E-state index contributed by atoms with van der Waals surface area (Å²) < 4.78 is 6.41. The van der Waals surface area contributed by atoms with E-state index in [9.17, 15) is 0 Å². The maximum atomic E-state index is 5.21. The van der Waals surface area contributed by atoms with Gasteiger partial charge in [0.05, 0.1) is 7.11 Å². The Hall–Kier alpha value is -0.500. The zero-order valence-electron chi connectivity index (χ0n) is 7.93. The standard InChI is InChI=1S/C11H13BrO/c1-11(5-6-11)9-7-8(13-2)3-4-10(9)12/h3-4,7H,5-6H2,1-2H3. The van der Waals surface area contributed by atoms with E-state index >= 15 is 0 Å². The fraction of sp³-hybridized carbons (Fsp3) is 0.455. The summed E-state index contributed by atoms with van der Waals surface area (Å²) in [5.41, 5.74) is 1.78. The van der Waals surface area contributed by atoms with Gasteiger partial charge >= 0.3 is 0 Å². The Labute approximate surface area is 87.2 Å². The molecule has 0 amide bonds. The molecule has 1 saturated carbocycles. The molecule has 0 spiro atoms. The molecule has 0 atom stereocenters. The first-order chi connectivity index (χ1) is 6.15. The Kier molecular flexibility index (Phi) is 2.11. The molecular formula is C11H13BrO. The van der Waals surface area contributed by atoms with Gasteiger partial charge in [0.15, 0.2) is 0 Å². The summed E-state index contributed by atoms with van der Waals surface area (Å²) in [6.45, 7) is 2.30. The zero-order valence-corrected chi connectivity index (χ0v) is 9.52. The maximum Gasteiger partial charge on any atom is 0.119 e. The van der Waals surface area contributed by atoms with Crippen molar-refractivity contribution in [3.8, 4) is 5.75 Å². The van der Waals surface area contributed by atoms with Gasteiger partial charge in [0.1, 0.15) is 5.75 Å². The summed E-state index contributed by atoms with van der Waals surface area (Å²) in [6.07, 6.45) is 2.58. The highest BCUT2D eigenvalue weighted by atomic mass is 79.9. The second-order valence-electron chi connectivity index (χ2n) is 3.91. The molecule has 0 N–H and O–H groups in total. The van der Waals surface area contributed by atoms with E-state index in [2.05, 4.69) is 35.0 Å². The van der Waals surface area contributed by atoms with E-state index in [4.69, 9.17) is 4.74 Å². The molecule has 1 fully saturated rings. The third kappa shape index (κ3) is 1.60. The Bertz CT molecular complexity index is 329. The average molecular weight is 241 g/mol.